The highest BCUT2D eigenvalue weighted by molar-refractivity contribution is 5.94. The summed E-state index contributed by atoms with van der Waals surface area (Å²) in [6.07, 6.45) is 6.56. The lowest BCUT2D eigenvalue weighted by Gasteiger charge is -2.06. The van der Waals surface area contributed by atoms with Gasteiger partial charge in [-0.05, 0) is 42.7 Å². The molecular weight excluding hydrogens is 321 g/mol. The molecule has 6 nitrogen and oxygen atoms in total. The second-order valence-corrected chi connectivity index (χ2v) is 6.12. The lowest BCUT2D eigenvalue weighted by molar-refractivity contribution is -0.117. The summed E-state index contributed by atoms with van der Waals surface area (Å²) in [6.45, 7) is 0. The van der Waals surface area contributed by atoms with Crippen molar-refractivity contribution in [3.05, 3.63) is 48.7 Å². The molecule has 0 aromatic carbocycles. The molecule has 0 spiro atoms. The topological polar surface area (TPSA) is 72.7 Å². The zero-order chi connectivity index (χ0) is 17.4. The van der Waals surface area contributed by atoms with Crippen LogP contribution in [0.1, 0.15) is 12.8 Å². The molecule has 3 aromatic rings. The molecule has 3 aromatic heterocycles. The van der Waals surface area contributed by atoms with E-state index in [1.54, 1.807) is 16.9 Å². The lowest BCUT2D eigenvalue weighted by atomic mass is 10.1. The van der Waals surface area contributed by atoms with Crippen molar-refractivity contribution in [1.82, 2.24) is 19.7 Å². The lowest BCUT2D eigenvalue weighted by Crippen LogP contribution is -2.14. The van der Waals surface area contributed by atoms with Crippen LogP contribution in [-0.4, -0.2) is 25.7 Å². The van der Waals surface area contributed by atoms with Crippen LogP contribution >= 0.6 is 0 Å². The summed E-state index contributed by atoms with van der Waals surface area (Å²) < 4.78 is 14.8. The number of anilines is 1. The van der Waals surface area contributed by atoms with Gasteiger partial charge in [0, 0.05) is 30.9 Å². The molecule has 1 fully saturated rings. The molecule has 1 N–H and O–H groups in total. The Bertz CT molecular complexity index is 931. The molecule has 4 rings (SSSR count). The number of amides is 1. The highest BCUT2D eigenvalue weighted by atomic mass is 19.1. The zero-order valence-corrected chi connectivity index (χ0v) is 13.6. The molecule has 1 aliphatic carbocycles. The van der Waals surface area contributed by atoms with Crippen LogP contribution in [0, 0.1) is 11.7 Å². The van der Waals surface area contributed by atoms with E-state index in [0.29, 0.717) is 17.2 Å². The van der Waals surface area contributed by atoms with Gasteiger partial charge in [0.15, 0.2) is 0 Å². The molecule has 0 unspecified atom stereocenters. The number of nitrogens with zero attached hydrogens (tertiary/aromatic N) is 4. The Morgan fingerprint density at radius 3 is 2.84 bits per heavy atom. The van der Waals surface area contributed by atoms with Crippen LogP contribution in [0.5, 0.6) is 0 Å². The molecule has 25 heavy (non-hydrogen) atoms. The van der Waals surface area contributed by atoms with Gasteiger partial charge in [0.1, 0.15) is 17.3 Å². The fraction of sp³-hybridized carbons (Fsp3) is 0.222. The number of halogens is 1. The first-order valence-corrected chi connectivity index (χ1v) is 8.03. The Morgan fingerprint density at radius 2 is 2.12 bits per heavy atom. The Balaban J connectivity index is 1.70. The summed E-state index contributed by atoms with van der Waals surface area (Å²) in [4.78, 5) is 20.3. The molecule has 0 saturated heterocycles. The van der Waals surface area contributed by atoms with E-state index in [4.69, 9.17) is 0 Å². The van der Waals surface area contributed by atoms with E-state index in [1.807, 2.05) is 25.4 Å². The van der Waals surface area contributed by atoms with Gasteiger partial charge in [-0.2, -0.15) is 5.10 Å². The average Bonchev–Trinajstić information content (AvgIpc) is 3.38. The van der Waals surface area contributed by atoms with Gasteiger partial charge in [-0.15, -0.1) is 0 Å². The van der Waals surface area contributed by atoms with Crippen LogP contribution < -0.4 is 5.32 Å². The molecule has 126 valence electrons. The number of nitrogens with one attached hydrogen (secondary N) is 1. The average molecular weight is 337 g/mol. The minimum absolute atomic E-state index is 0.0104. The van der Waals surface area contributed by atoms with E-state index in [2.05, 4.69) is 20.4 Å². The van der Waals surface area contributed by atoms with E-state index in [9.17, 15) is 9.18 Å². The second-order valence-electron chi connectivity index (χ2n) is 6.12. The van der Waals surface area contributed by atoms with Crippen LogP contribution in [-0.2, 0) is 11.8 Å². The van der Waals surface area contributed by atoms with Gasteiger partial charge in [0.05, 0.1) is 11.9 Å². The maximum Gasteiger partial charge on any atom is 0.228 e. The van der Waals surface area contributed by atoms with Crippen molar-refractivity contribution in [2.45, 2.75) is 12.8 Å². The minimum atomic E-state index is -0.393. The molecule has 0 aliphatic heterocycles. The molecular formula is C18H16FN5O. The Morgan fingerprint density at radius 1 is 1.28 bits per heavy atom. The third kappa shape index (κ3) is 3.26. The SMILES string of the molecule is Cn1cc(-c2ccnc(NC(=O)C3CC3)c2)c(-c2ccc(F)cn2)n1. The smallest absolute Gasteiger partial charge is 0.228 e. The number of aryl methyl sites for hydroxylation is 1. The summed E-state index contributed by atoms with van der Waals surface area (Å²) >= 11 is 0. The van der Waals surface area contributed by atoms with E-state index in [1.165, 1.54) is 12.3 Å². The molecule has 1 amide bonds. The first-order valence-electron chi connectivity index (χ1n) is 8.03. The minimum Gasteiger partial charge on any atom is -0.310 e. The Labute approximate surface area is 143 Å². The first-order chi connectivity index (χ1) is 12.1. The number of pyridine rings is 2. The first kappa shape index (κ1) is 15.4. The predicted molar refractivity (Wildman–Crippen MR) is 91.0 cm³/mol. The number of aromatic nitrogens is 4. The number of carbonyl (C=O) groups excluding carboxylic acids is 1. The number of carbonyl (C=O) groups is 1. The van der Waals surface area contributed by atoms with Crippen molar-refractivity contribution >= 4 is 11.7 Å². The van der Waals surface area contributed by atoms with Crippen LogP contribution in [0.3, 0.4) is 0 Å². The highest BCUT2D eigenvalue weighted by Gasteiger charge is 2.29. The number of rotatable bonds is 4. The third-order valence-electron chi connectivity index (χ3n) is 4.07. The van der Waals surface area contributed by atoms with E-state index < -0.39 is 5.82 Å². The van der Waals surface area contributed by atoms with Crippen molar-refractivity contribution in [1.29, 1.82) is 0 Å². The largest absolute Gasteiger partial charge is 0.310 e. The second kappa shape index (κ2) is 6.08. The summed E-state index contributed by atoms with van der Waals surface area (Å²) in [5.74, 6) is 0.241. The summed E-state index contributed by atoms with van der Waals surface area (Å²) in [7, 11) is 1.81. The normalized spacial score (nSPS) is 13.7. The molecule has 7 heteroatoms. The Hall–Kier alpha value is -3.09. The zero-order valence-electron chi connectivity index (χ0n) is 13.6. The predicted octanol–water partition coefficient (Wildman–Crippen LogP) is 3.03. The van der Waals surface area contributed by atoms with Crippen LogP contribution in [0.4, 0.5) is 10.2 Å². The maximum absolute atomic E-state index is 13.1. The van der Waals surface area contributed by atoms with Gasteiger partial charge in [0.25, 0.3) is 0 Å². The fourth-order valence-corrected chi connectivity index (χ4v) is 2.65. The monoisotopic (exact) mass is 337 g/mol. The van der Waals surface area contributed by atoms with Gasteiger partial charge in [0.2, 0.25) is 5.91 Å². The molecule has 0 radical (unpaired) electrons. The van der Waals surface area contributed by atoms with Crippen molar-refractivity contribution < 1.29 is 9.18 Å². The molecule has 3 heterocycles. The van der Waals surface area contributed by atoms with E-state index >= 15 is 0 Å². The third-order valence-corrected chi connectivity index (χ3v) is 4.07. The summed E-state index contributed by atoms with van der Waals surface area (Å²) in [5.41, 5.74) is 2.92. The molecule has 0 bridgehead atoms. The van der Waals surface area contributed by atoms with Crippen LogP contribution in [0.2, 0.25) is 0 Å². The van der Waals surface area contributed by atoms with Crippen molar-refractivity contribution in [3.8, 4) is 22.5 Å². The molecule has 1 aliphatic rings. The molecule has 1 saturated carbocycles. The van der Waals surface area contributed by atoms with Crippen molar-refractivity contribution in [3.63, 3.8) is 0 Å². The van der Waals surface area contributed by atoms with Crippen LogP contribution in [0.25, 0.3) is 22.5 Å². The van der Waals surface area contributed by atoms with E-state index in [0.717, 1.165) is 24.0 Å². The summed E-state index contributed by atoms with van der Waals surface area (Å²) in [5, 5.41) is 7.28. The maximum atomic E-state index is 13.1. The van der Waals surface area contributed by atoms with Gasteiger partial charge < -0.3 is 5.32 Å². The van der Waals surface area contributed by atoms with Crippen molar-refractivity contribution in [2.75, 3.05) is 5.32 Å². The van der Waals surface area contributed by atoms with Crippen molar-refractivity contribution in [2.24, 2.45) is 13.0 Å². The standard InChI is InChI=1S/C18H16FN5O/c1-24-10-14(17(23-24)15-5-4-13(19)9-21-15)12-6-7-20-16(8-12)22-18(25)11-2-3-11/h4-11H,2-3H2,1H3,(H,20,22,25). The van der Waals surface area contributed by atoms with Gasteiger partial charge in [-0.25, -0.2) is 9.37 Å². The highest BCUT2D eigenvalue weighted by Crippen LogP contribution is 2.32. The number of hydrogen-bond acceptors (Lipinski definition) is 4. The molecule has 0 atom stereocenters. The van der Waals surface area contributed by atoms with Crippen LogP contribution in [0.15, 0.2) is 42.9 Å². The van der Waals surface area contributed by atoms with Gasteiger partial charge in [-0.3, -0.25) is 14.5 Å². The summed E-state index contributed by atoms with van der Waals surface area (Å²) in [6, 6.07) is 6.61. The quantitative estimate of drug-likeness (QED) is 0.794. The van der Waals surface area contributed by atoms with E-state index in [-0.39, 0.29) is 11.8 Å². The van der Waals surface area contributed by atoms with Gasteiger partial charge in [-0.1, -0.05) is 0 Å². The number of hydrogen-bond donors (Lipinski definition) is 1. The van der Waals surface area contributed by atoms with Gasteiger partial charge >= 0.3 is 0 Å². The fourth-order valence-electron chi connectivity index (χ4n) is 2.65. The Kier molecular flexibility index (Phi) is 3.76.